The molecule has 1 fully saturated rings. The monoisotopic (exact) mass is 412 g/mol. The second kappa shape index (κ2) is 7.44. The number of nitrogens with one attached hydrogen (secondary N) is 2. The lowest BCUT2D eigenvalue weighted by atomic mass is 9.99. The third-order valence-corrected chi connectivity index (χ3v) is 5.60. The van der Waals surface area contributed by atoms with Gasteiger partial charge in [-0.1, -0.05) is 17.7 Å². The number of fused-ring (bicyclic) bond motifs is 1. The summed E-state index contributed by atoms with van der Waals surface area (Å²) in [5.41, 5.74) is 1.90. The van der Waals surface area contributed by atoms with Crippen LogP contribution in [-0.2, 0) is 9.59 Å². The van der Waals surface area contributed by atoms with Crippen molar-refractivity contribution in [2.45, 2.75) is 26.2 Å². The van der Waals surface area contributed by atoms with E-state index in [-0.39, 0.29) is 34.6 Å². The Hall–Kier alpha value is -2.99. The second-order valence-corrected chi connectivity index (χ2v) is 7.69. The molecular formula is C22H18ClFN2O3. The molecule has 1 heterocycles. The number of H-pyrrole nitrogens is 1. The van der Waals surface area contributed by atoms with E-state index in [4.69, 9.17) is 11.6 Å². The van der Waals surface area contributed by atoms with Crippen molar-refractivity contribution in [1.82, 2.24) is 4.98 Å². The molecule has 0 saturated heterocycles. The van der Waals surface area contributed by atoms with Crippen LogP contribution in [0.15, 0.2) is 36.4 Å². The van der Waals surface area contributed by atoms with Crippen molar-refractivity contribution in [3.8, 4) is 0 Å². The molecular weight excluding hydrogens is 395 g/mol. The number of hydrogen-bond acceptors (Lipinski definition) is 3. The van der Waals surface area contributed by atoms with E-state index in [0.29, 0.717) is 40.7 Å². The highest BCUT2D eigenvalue weighted by molar-refractivity contribution is 6.35. The van der Waals surface area contributed by atoms with Gasteiger partial charge in [0.05, 0.1) is 16.1 Å². The number of aromatic amines is 1. The fraction of sp³-hybridized carbons (Fsp3) is 0.227. The van der Waals surface area contributed by atoms with Crippen LogP contribution >= 0.6 is 11.6 Å². The average molecular weight is 413 g/mol. The number of Topliss-reactive ketones (excluding diaryl/α,β-unsaturated/α-hetero) is 1. The lowest BCUT2D eigenvalue weighted by molar-refractivity contribution is -0.122. The lowest BCUT2D eigenvalue weighted by Crippen LogP contribution is -2.20. The third-order valence-electron chi connectivity index (χ3n) is 5.29. The number of hydrogen-bond donors (Lipinski definition) is 2. The number of benzene rings is 2. The Balaban J connectivity index is 1.71. The molecule has 2 N–H and O–H groups in total. The van der Waals surface area contributed by atoms with E-state index < -0.39 is 11.6 Å². The van der Waals surface area contributed by atoms with Crippen molar-refractivity contribution in [3.63, 3.8) is 0 Å². The molecule has 1 atom stereocenters. The van der Waals surface area contributed by atoms with Gasteiger partial charge in [0.2, 0.25) is 5.91 Å². The molecule has 4 rings (SSSR count). The first-order chi connectivity index (χ1) is 13.8. The number of carbonyl (C=O) groups is 3. The summed E-state index contributed by atoms with van der Waals surface area (Å²) < 4.78 is 14.3. The van der Waals surface area contributed by atoms with E-state index >= 15 is 0 Å². The number of halogens is 2. The zero-order chi connectivity index (χ0) is 20.7. The van der Waals surface area contributed by atoms with E-state index in [0.717, 1.165) is 0 Å². The Labute approximate surface area is 171 Å². The predicted octanol–water partition coefficient (Wildman–Crippen LogP) is 4.81. The molecule has 0 radical (unpaired) electrons. The van der Waals surface area contributed by atoms with Crippen molar-refractivity contribution in [3.05, 3.63) is 64.1 Å². The maximum absolute atomic E-state index is 14.3. The Bertz CT molecular complexity index is 1150. The van der Waals surface area contributed by atoms with Crippen molar-refractivity contribution in [2.24, 2.45) is 5.92 Å². The maximum Gasteiger partial charge on any atom is 0.227 e. The second-order valence-electron chi connectivity index (χ2n) is 7.28. The van der Waals surface area contributed by atoms with Gasteiger partial charge >= 0.3 is 0 Å². The molecule has 0 bridgehead atoms. The van der Waals surface area contributed by atoms with Crippen molar-refractivity contribution in [1.29, 1.82) is 0 Å². The minimum absolute atomic E-state index is 0.0408. The van der Waals surface area contributed by atoms with Crippen LogP contribution in [0.5, 0.6) is 0 Å². The summed E-state index contributed by atoms with van der Waals surface area (Å²) in [4.78, 5) is 40.1. The van der Waals surface area contributed by atoms with E-state index in [2.05, 4.69) is 10.3 Å². The molecule has 0 aliphatic heterocycles. The Morgan fingerprint density at radius 1 is 1.21 bits per heavy atom. The number of aryl methyl sites for hydroxylation is 1. The first-order valence-electron chi connectivity index (χ1n) is 9.28. The largest absolute Gasteiger partial charge is 0.358 e. The summed E-state index contributed by atoms with van der Waals surface area (Å²) in [6, 6.07) is 9.25. The average Bonchev–Trinajstić information content (AvgIpc) is 3.23. The van der Waals surface area contributed by atoms with Gasteiger partial charge in [-0.2, -0.15) is 0 Å². The van der Waals surface area contributed by atoms with Crippen LogP contribution in [0, 0.1) is 18.7 Å². The molecule has 7 heteroatoms. The van der Waals surface area contributed by atoms with Gasteiger partial charge < -0.3 is 10.3 Å². The highest BCUT2D eigenvalue weighted by atomic mass is 35.5. The van der Waals surface area contributed by atoms with E-state index in [1.807, 2.05) is 0 Å². The molecule has 2 aromatic carbocycles. The van der Waals surface area contributed by atoms with Crippen molar-refractivity contribution in [2.75, 3.05) is 5.32 Å². The molecule has 5 nitrogen and oxygen atoms in total. The van der Waals surface area contributed by atoms with Gasteiger partial charge in [-0.25, -0.2) is 4.39 Å². The molecule has 1 aliphatic carbocycles. The minimum atomic E-state index is -0.688. The van der Waals surface area contributed by atoms with Gasteiger partial charge in [0, 0.05) is 41.0 Å². The van der Waals surface area contributed by atoms with Crippen LogP contribution in [-0.4, -0.2) is 22.5 Å². The van der Waals surface area contributed by atoms with Gasteiger partial charge in [0.1, 0.15) is 11.6 Å². The van der Waals surface area contributed by atoms with Gasteiger partial charge in [-0.3, -0.25) is 14.4 Å². The summed E-state index contributed by atoms with van der Waals surface area (Å²) >= 11 is 6.07. The molecule has 1 unspecified atom stereocenters. The normalized spacial score (nSPS) is 16.4. The van der Waals surface area contributed by atoms with Crippen LogP contribution < -0.4 is 5.32 Å². The fourth-order valence-electron chi connectivity index (χ4n) is 3.82. The lowest BCUT2D eigenvalue weighted by Gasteiger charge is -2.10. The minimum Gasteiger partial charge on any atom is -0.358 e. The molecule has 29 heavy (non-hydrogen) atoms. The van der Waals surface area contributed by atoms with Crippen LogP contribution in [0.25, 0.3) is 10.9 Å². The van der Waals surface area contributed by atoms with Crippen molar-refractivity contribution < 1.29 is 18.8 Å². The summed E-state index contributed by atoms with van der Waals surface area (Å²) in [5.74, 6) is -1.67. The highest BCUT2D eigenvalue weighted by Crippen LogP contribution is 2.31. The fourth-order valence-corrected chi connectivity index (χ4v) is 4.07. The number of rotatable bonds is 4. The molecule has 1 saturated carbocycles. The Morgan fingerprint density at radius 2 is 2.00 bits per heavy atom. The zero-order valence-corrected chi connectivity index (χ0v) is 16.4. The first-order valence-corrected chi connectivity index (χ1v) is 9.66. The zero-order valence-electron chi connectivity index (χ0n) is 15.6. The highest BCUT2D eigenvalue weighted by Gasteiger charge is 2.28. The maximum atomic E-state index is 14.3. The van der Waals surface area contributed by atoms with Gasteiger partial charge in [0.25, 0.3) is 0 Å². The van der Waals surface area contributed by atoms with Crippen molar-refractivity contribution >= 4 is 45.7 Å². The Kier molecular flexibility index (Phi) is 4.96. The molecule has 1 aromatic heterocycles. The van der Waals surface area contributed by atoms with E-state index in [9.17, 15) is 18.8 Å². The summed E-state index contributed by atoms with van der Waals surface area (Å²) in [6.45, 7) is 1.73. The van der Waals surface area contributed by atoms with Crippen LogP contribution in [0.3, 0.4) is 0 Å². The number of anilines is 1. The topological polar surface area (TPSA) is 79.0 Å². The standard InChI is InChI=1S/C22H18ClFN2O3/c1-11-19(21(28)20-16(23)3-2-4-17(20)24)15-10-13(6-8-18(15)25-11)26-22(29)12-5-7-14(27)9-12/h2-4,6,8,10,12,25H,5,7,9H2,1H3,(H,26,29). The van der Waals surface area contributed by atoms with Gasteiger partial charge in [-0.15, -0.1) is 0 Å². The quantitative estimate of drug-likeness (QED) is 0.603. The molecule has 1 aliphatic rings. The molecule has 1 amide bonds. The molecule has 0 spiro atoms. The van der Waals surface area contributed by atoms with E-state index in [1.54, 1.807) is 25.1 Å². The number of aromatic nitrogens is 1. The molecule has 3 aromatic rings. The van der Waals surface area contributed by atoms with Crippen LogP contribution in [0.4, 0.5) is 10.1 Å². The summed E-state index contributed by atoms with van der Waals surface area (Å²) in [6.07, 6.45) is 1.23. The third kappa shape index (κ3) is 3.56. The van der Waals surface area contributed by atoms with Crippen LogP contribution in [0.1, 0.15) is 40.9 Å². The number of amides is 1. The van der Waals surface area contributed by atoms with E-state index in [1.165, 1.54) is 18.2 Å². The van der Waals surface area contributed by atoms with Gasteiger partial charge in [-0.05, 0) is 43.7 Å². The van der Waals surface area contributed by atoms with Crippen LogP contribution in [0.2, 0.25) is 5.02 Å². The number of ketones is 2. The Morgan fingerprint density at radius 3 is 2.69 bits per heavy atom. The number of carbonyl (C=O) groups excluding carboxylic acids is 3. The summed E-state index contributed by atoms with van der Waals surface area (Å²) in [7, 11) is 0. The first kappa shape index (κ1) is 19.3. The molecule has 148 valence electrons. The predicted molar refractivity (Wildman–Crippen MR) is 109 cm³/mol. The van der Waals surface area contributed by atoms with Gasteiger partial charge in [0.15, 0.2) is 5.78 Å². The SMILES string of the molecule is Cc1[nH]c2ccc(NC(=O)C3CCC(=O)C3)cc2c1C(=O)c1c(F)cccc1Cl. The summed E-state index contributed by atoms with van der Waals surface area (Å²) in [5, 5.41) is 3.42. The smallest absolute Gasteiger partial charge is 0.227 e.